The van der Waals surface area contributed by atoms with Crippen LogP contribution in [0.3, 0.4) is 0 Å². The molecular weight excluding hydrogens is 198 g/mol. The van der Waals surface area contributed by atoms with E-state index in [9.17, 15) is 14.7 Å². The lowest BCUT2D eigenvalue weighted by molar-refractivity contribution is -0.160. The zero-order valence-corrected chi connectivity index (χ0v) is 8.95. The number of carboxylic acid groups (broad SMARTS) is 1. The van der Waals surface area contributed by atoms with Gasteiger partial charge in [-0.2, -0.15) is 0 Å². The lowest BCUT2D eigenvalue weighted by Gasteiger charge is -2.43. The van der Waals surface area contributed by atoms with Crippen LogP contribution >= 0.6 is 0 Å². The van der Waals surface area contributed by atoms with Crippen LogP contribution in [-0.2, 0) is 14.3 Å². The van der Waals surface area contributed by atoms with Gasteiger partial charge in [0.25, 0.3) is 0 Å². The molecule has 0 aromatic carbocycles. The van der Waals surface area contributed by atoms with Gasteiger partial charge < -0.3 is 14.7 Å². The molecule has 1 amide bonds. The van der Waals surface area contributed by atoms with Gasteiger partial charge in [-0.15, -0.1) is 0 Å². The van der Waals surface area contributed by atoms with Crippen molar-refractivity contribution in [2.75, 3.05) is 20.3 Å². The minimum absolute atomic E-state index is 0.112. The largest absolute Gasteiger partial charge is 0.479 e. The van der Waals surface area contributed by atoms with E-state index in [1.165, 1.54) is 11.8 Å². The summed E-state index contributed by atoms with van der Waals surface area (Å²) in [6.45, 7) is 2.47. The van der Waals surface area contributed by atoms with E-state index in [4.69, 9.17) is 4.74 Å². The first kappa shape index (κ1) is 10.4. The monoisotopic (exact) mass is 213 g/mol. The van der Waals surface area contributed by atoms with Crippen molar-refractivity contribution in [3.63, 3.8) is 0 Å². The Labute approximate surface area is 88.0 Å². The maximum Gasteiger partial charge on any atom is 0.329 e. The van der Waals surface area contributed by atoms with Crippen LogP contribution in [0.2, 0.25) is 0 Å². The summed E-state index contributed by atoms with van der Waals surface area (Å²) in [4.78, 5) is 24.0. The Kier molecular flexibility index (Phi) is 2.05. The van der Waals surface area contributed by atoms with E-state index in [1.54, 1.807) is 7.11 Å². The van der Waals surface area contributed by atoms with Gasteiger partial charge in [-0.1, -0.05) is 0 Å². The molecule has 2 aliphatic heterocycles. The van der Waals surface area contributed by atoms with Crippen LogP contribution in [0.1, 0.15) is 19.8 Å². The third-order valence-electron chi connectivity index (χ3n) is 3.57. The summed E-state index contributed by atoms with van der Waals surface area (Å²) in [5.41, 5.74) is -1.05. The Morgan fingerprint density at radius 2 is 2.07 bits per heavy atom. The molecule has 5 nitrogen and oxygen atoms in total. The van der Waals surface area contributed by atoms with E-state index in [-0.39, 0.29) is 11.3 Å². The Morgan fingerprint density at radius 1 is 1.47 bits per heavy atom. The molecule has 0 aromatic heterocycles. The van der Waals surface area contributed by atoms with E-state index in [0.717, 1.165) is 0 Å². The number of amides is 1. The van der Waals surface area contributed by atoms with Gasteiger partial charge in [0.15, 0.2) is 0 Å². The number of hydrogen-bond acceptors (Lipinski definition) is 3. The number of hydrogen-bond donors (Lipinski definition) is 1. The molecule has 1 N–H and O–H groups in total. The first-order valence-electron chi connectivity index (χ1n) is 4.96. The second-order valence-corrected chi connectivity index (χ2v) is 4.73. The standard InChI is InChI=1S/C10H15NO4/c1-7(12)11-5-9(6-15-2)3-10(11,4-9)8(13)14/h3-6H2,1-2H3,(H,13,14). The smallest absolute Gasteiger partial charge is 0.329 e. The molecule has 0 spiro atoms. The fourth-order valence-electron chi connectivity index (χ4n) is 3.11. The molecule has 2 saturated heterocycles. The number of ether oxygens (including phenoxy) is 1. The molecule has 2 heterocycles. The Balaban J connectivity index is 2.23. The highest BCUT2D eigenvalue weighted by atomic mass is 16.5. The first-order valence-corrected chi connectivity index (χ1v) is 4.96. The van der Waals surface area contributed by atoms with Crippen molar-refractivity contribution in [1.82, 2.24) is 4.90 Å². The Bertz CT molecular complexity index is 314. The summed E-state index contributed by atoms with van der Waals surface area (Å²) in [7, 11) is 1.60. The molecule has 0 aromatic rings. The number of carbonyl (C=O) groups excluding carboxylic acids is 1. The molecule has 1 aliphatic carbocycles. The molecule has 3 fully saturated rings. The second kappa shape index (κ2) is 2.95. The highest BCUT2D eigenvalue weighted by molar-refractivity contribution is 5.89. The SMILES string of the molecule is COCC12CN(C(C)=O)C(C(=O)O)(C1)C2. The van der Waals surface area contributed by atoms with Gasteiger partial charge in [-0.3, -0.25) is 4.79 Å². The van der Waals surface area contributed by atoms with Gasteiger partial charge in [0.2, 0.25) is 5.91 Å². The minimum Gasteiger partial charge on any atom is -0.479 e. The Morgan fingerprint density at radius 3 is 2.40 bits per heavy atom. The van der Waals surface area contributed by atoms with Gasteiger partial charge in [-0.25, -0.2) is 4.79 Å². The van der Waals surface area contributed by atoms with Crippen molar-refractivity contribution in [3.05, 3.63) is 0 Å². The van der Waals surface area contributed by atoms with Crippen LogP contribution in [0.4, 0.5) is 0 Å². The topological polar surface area (TPSA) is 66.8 Å². The summed E-state index contributed by atoms with van der Waals surface area (Å²) in [5.74, 6) is -1.05. The molecular formula is C10H15NO4. The third-order valence-corrected chi connectivity index (χ3v) is 3.57. The average Bonchev–Trinajstić information content (AvgIpc) is 2.55. The fourth-order valence-corrected chi connectivity index (χ4v) is 3.11. The number of fused-ring (bicyclic) bond motifs is 1. The van der Waals surface area contributed by atoms with E-state index in [1.807, 2.05) is 0 Å². The maximum atomic E-state index is 11.4. The summed E-state index contributed by atoms with van der Waals surface area (Å²) in [6, 6.07) is 0. The van der Waals surface area contributed by atoms with E-state index < -0.39 is 11.5 Å². The summed E-state index contributed by atoms with van der Waals surface area (Å²) < 4.78 is 5.09. The number of aliphatic carboxylic acids is 1. The number of rotatable bonds is 3. The highest BCUT2D eigenvalue weighted by Crippen LogP contribution is 2.59. The molecule has 1 saturated carbocycles. The minimum atomic E-state index is -0.940. The predicted octanol–water partition coefficient (Wildman–Crippen LogP) is 0.0985. The summed E-state index contributed by atoms with van der Waals surface area (Å²) in [6.07, 6.45) is 1.06. The molecule has 0 radical (unpaired) electrons. The van der Waals surface area contributed by atoms with Crippen molar-refractivity contribution < 1.29 is 19.4 Å². The number of carbonyl (C=O) groups is 2. The lowest BCUT2D eigenvalue weighted by atomic mass is 9.62. The average molecular weight is 213 g/mol. The van der Waals surface area contributed by atoms with Gasteiger partial charge in [0.1, 0.15) is 5.54 Å². The van der Waals surface area contributed by atoms with Crippen LogP contribution in [0.25, 0.3) is 0 Å². The normalized spacial score (nSPS) is 37.6. The molecule has 3 aliphatic rings. The molecule has 5 heteroatoms. The van der Waals surface area contributed by atoms with Crippen molar-refractivity contribution in [3.8, 4) is 0 Å². The van der Waals surface area contributed by atoms with Gasteiger partial charge in [-0.05, 0) is 12.8 Å². The molecule has 84 valence electrons. The fraction of sp³-hybridized carbons (Fsp3) is 0.800. The van der Waals surface area contributed by atoms with Gasteiger partial charge in [0.05, 0.1) is 6.61 Å². The first-order chi connectivity index (χ1) is 6.96. The molecule has 0 unspecified atom stereocenters. The zero-order valence-electron chi connectivity index (χ0n) is 8.95. The molecule has 3 rings (SSSR count). The van der Waals surface area contributed by atoms with Crippen LogP contribution in [0, 0.1) is 5.41 Å². The summed E-state index contributed by atoms with van der Waals surface area (Å²) in [5, 5.41) is 9.18. The van der Waals surface area contributed by atoms with E-state index >= 15 is 0 Å². The third kappa shape index (κ3) is 1.19. The van der Waals surface area contributed by atoms with Crippen LogP contribution in [0.5, 0.6) is 0 Å². The molecule has 2 bridgehead atoms. The van der Waals surface area contributed by atoms with Crippen LogP contribution < -0.4 is 0 Å². The Hall–Kier alpha value is -1.10. The number of carboxylic acids is 1. The van der Waals surface area contributed by atoms with Crippen molar-refractivity contribution in [2.24, 2.45) is 5.41 Å². The van der Waals surface area contributed by atoms with Crippen molar-refractivity contribution in [1.29, 1.82) is 0 Å². The highest BCUT2D eigenvalue weighted by Gasteiger charge is 2.70. The molecule has 15 heavy (non-hydrogen) atoms. The zero-order chi connectivity index (χ0) is 11.3. The molecule has 0 atom stereocenters. The van der Waals surface area contributed by atoms with Gasteiger partial charge >= 0.3 is 5.97 Å². The number of nitrogens with zero attached hydrogens (tertiary/aromatic N) is 1. The van der Waals surface area contributed by atoms with Crippen molar-refractivity contribution in [2.45, 2.75) is 25.3 Å². The second-order valence-electron chi connectivity index (χ2n) is 4.73. The van der Waals surface area contributed by atoms with E-state index in [0.29, 0.717) is 26.0 Å². The maximum absolute atomic E-state index is 11.4. The van der Waals surface area contributed by atoms with E-state index in [2.05, 4.69) is 0 Å². The van der Waals surface area contributed by atoms with Gasteiger partial charge in [0, 0.05) is 26.0 Å². The lowest BCUT2D eigenvalue weighted by Crippen LogP contribution is -2.57. The number of methoxy groups -OCH3 is 1. The van der Waals surface area contributed by atoms with Crippen molar-refractivity contribution >= 4 is 11.9 Å². The van der Waals surface area contributed by atoms with Crippen LogP contribution in [0.15, 0.2) is 0 Å². The summed E-state index contributed by atoms with van der Waals surface area (Å²) >= 11 is 0. The van der Waals surface area contributed by atoms with Crippen LogP contribution in [-0.4, -0.2) is 47.7 Å². The predicted molar refractivity (Wildman–Crippen MR) is 51.3 cm³/mol. The quantitative estimate of drug-likeness (QED) is 0.722.